The summed E-state index contributed by atoms with van der Waals surface area (Å²) in [7, 11) is 1.58. The van der Waals surface area contributed by atoms with Crippen molar-refractivity contribution in [1.82, 2.24) is 4.90 Å². The van der Waals surface area contributed by atoms with Crippen LogP contribution in [-0.2, 0) is 6.61 Å². The van der Waals surface area contributed by atoms with Crippen LogP contribution in [0.1, 0.15) is 28.8 Å². The van der Waals surface area contributed by atoms with Crippen molar-refractivity contribution in [1.29, 1.82) is 0 Å². The topological polar surface area (TPSA) is 51.1 Å². The molecule has 1 fully saturated rings. The molecule has 2 aromatic carbocycles. The van der Waals surface area contributed by atoms with E-state index in [1.165, 1.54) is 0 Å². The van der Waals surface area contributed by atoms with Crippen molar-refractivity contribution < 1.29 is 14.3 Å². The lowest BCUT2D eigenvalue weighted by molar-refractivity contribution is 0.0774. The van der Waals surface area contributed by atoms with Gasteiger partial charge in [-0.2, -0.15) is 0 Å². The molecular weight excluding hydrogens is 316 g/mol. The molecule has 0 bridgehead atoms. The van der Waals surface area contributed by atoms with Crippen LogP contribution in [0.15, 0.2) is 47.5 Å². The first kappa shape index (κ1) is 15.7. The maximum Gasteiger partial charge on any atom is 0.256 e. The van der Waals surface area contributed by atoms with Gasteiger partial charge in [-0.1, -0.05) is 30.3 Å². The Kier molecular flexibility index (Phi) is 4.14. The van der Waals surface area contributed by atoms with E-state index in [9.17, 15) is 4.79 Å². The normalized spacial score (nSPS) is 18.5. The summed E-state index contributed by atoms with van der Waals surface area (Å²) in [5.74, 6) is 1.16. The fraction of sp³-hybridized carbons (Fsp3) is 0.300. The van der Waals surface area contributed by atoms with E-state index in [-0.39, 0.29) is 11.9 Å². The number of nitrogens with zero attached hydrogens (tertiary/aromatic N) is 2. The summed E-state index contributed by atoms with van der Waals surface area (Å²) in [5.41, 5.74) is 2.28. The fourth-order valence-electron chi connectivity index (χ4n) is 3.36. The SMILES string of the molecule is COc1cc2c(cc1OCc1ccccc1)N=C[C@@H]1CCCN1C2=O. The minimum Gasteiger partial charge on any atom is -0.493 e. The molecule has 2 aliphatic rings. The Morgan fingerprint density at radius 3 is 2.84 bits per heavy atom. The summed E-state index contributed by atoms with van der Waals surface area (Å²) in [5, 5.41) is 0. The van der Waals surface area contributed by atoms with Crippen LogP contribution in [-0.4, -0.2) is 36.7 Å². The molecule has 1 saturated heterocycles. The van der Waals surface area contributed by atoms with E-state index in [1.807, 2.05) is 41.4 Å². The first-order valence-corrected chi connectivity index (χ1v) is 8.50. The molecule has 0 unspecified atom stereocenters. The van der Waals surface area contributed by atoms with Gasteiger partial charge >= 0.3 is 0 Å². The summed E-state index contributed by atoms with van der Waals surface area (Å²) >= 11 is 0. The summed E-state index contributed by atoms with van der Waals surface area (Å²) in [6.07, 6.45) is 3.87. The zero-order valence-electron chi connectivity index (χ0n) is 14.1. The Hall–Kier alpha value is -2.82. The summed E-state index contributed by atoms with van der Waals surface area (Å²) in [4.78, 5) is 19.3. The van der Waals surface area contributed by atoms with Crippen molar-refractivity contribution in [2.75, 3.05) is 13.7 Å². The van der Waals surface area contributed by atoms with Gasteiger partial charge in [0.15, 0.2) is 11.5 Å². The highest BCUT2D eigenvalue weighted by Crippen LogP contribution is 2.38. The molecule has 0 spiro atoms. The highest BCUT2D eigenvalue weighted by Gasteiger charge is 2.32. The molecule has 5 heteroatoms. The molecule has 4 rings (SSSR count). The second kappa shape index (κ2) is 6.59. The Bertz CT molecular complexity index is 817. The average molecular weight is 336 g/mol. The van der Waals surface area contributed by atoms with Crippen molar-refractivity contribution in [3.05, 3.63) is 53.6 Å². The van der Waals surface area contributed by atoms with Crippen LogP contribution in [0.2, 0.25) is 0 Å². The van der Waals surface area contributed by atoms with E-state index in [0.717, 1.165) is 24.9 Å². The van der Waals surface area contributed by atoms with Crippen LogP contribution < -0.4 is 9.47 Å². The van der Waals surface area contributed by atoms with Gasteiger partial charge < -0.3 is 14.4 Å². The molecular formula is C20H20N2O3. The van der Waals surface area contributed by atoms with E-state index < -0.39 is 0 Å². The van der Waals surface area contributed by atoms with Gasteiger partial charge in [-0.3, -0.25) is 9.79 Å². The van der Waals surface area contributed by atoms with Gasteiger partial charge in [0, 0.05) is 18.8 Å². The standard InChI is InChI=1S/C20H20N2O3/c1-24-18-10-16-17(21-12-15-8-5-9-22(15)20(16)23)11-19(18)25-13-14-6-3-2-4-7-14/h2-4,6-7,10-12,15H,5,8-9,13H2,1H3/t15-/m0/s1. The van der Waals surface area contributed by atoms with Gasteiger partial charge in [-0.25, -0.2) is 0 Å². The lowest BCUT2D eigenvalue weighted by atomic mass is 10.1. The van der Waals surface area contributed by atoms with Crippen molar-refractivity contribution in [2.24, 2.45) is 4.99 Å². The molecule has 128 valence electrons. The van der Waals surface area contributed by atoms with E-state index in [0.29, 0.717) is 29.4 Å². The van der Waals surface area contributed by atoms with Gasteiger partial charge in [0.05, 0.1) is 24.4 Å². The number of fused-ring (bicyclic) bond motifs is 2. The highest BCUT2D eigenvalue weighted by molar-refractivity contribution is 6.03. The van der Waals surface area contributed by atoms with Gasteiger partial charge in [0.25, 0.3) is 5.91 Å². The first-order chi connectivity index (χ1) is 12.3. The maximum absolute atomic E-state index is 12.8. The predicted molar refractivity (Wildman–Crippen MR) is 96.0 cm³/mol. The molecule has 0 N–H and O–H groups in total. The molecule has 2 aromatic rings. The van der Waals surface area contributed by atoms with Gasteiger partial charge in [-0.15, -0.1) is 0 Å². The molecule has 1 amide bonds. The van der Waals surface area contributed by atoms with Crippen molar-refractivity contribution in [3.8, 4) is 11.5 Å². The Morgan fingerprint density at radius 2 is 2.04 bits per heavy atom. The van der Waals surface area contributed by atoms with Crippen LogP contribution in [0, 0.1) is 0 Å². The monoisotopic (exact) mass is 336 g/mol. The van der Waals surface area contributed by atoms with Crippen LogP contribution in [0.3, 0.4) is 0 Å². The summed E-state index contributed by atoms with van der Waals surface area (Å²) < 4.78 is 11.4. The minimum atomic E-state index is 0.0166. The van der Waals surface area contributed by atoms with Crippen molar-refractivity contribution in [3.63, 3.8) is 0 Å². The molecule has 2 aliphatic heterocycles. The number of carbonyl (C=O) groups excluding carboxylic acids is 1. The largest absolute Gasteiger partial charge is 0.493 e. The van der Waals surface area contributed by atoms with Crippen LogP contribution in [0.4, 0.5) is 5.69 Å². The third kappa shape index (κ3) is 2.97. The van der Waals surface area contributed by atoms with Crippen molar-refractivity contribution >= 4 is 17.8 Å². The van der Waals surface area contributed by atoms with E-state index in [4.69, 9.17) is 9.47 Å². The van der Waals surface area contributed by atoms with Gasteiger partial charge in [-0.05, 0) is 24.5 Å². The lowest BCUT2D eigenvalue weighted by Gasteiger charge is -2.20. The number of carbonyl (C=O) groups is 1. The van der Waals surface area contributed by atoms with Crippen LogP contribution in [0.5, 0.6) is 11.5 Å². The highest BCUT2D eigenvalue weighted by atomic mass is 16.5. The molecule has 1 atom stereocenters. The second-order valence-electron chi connectivity index (χ2n) is 6.28. The fourth-order valence-corrected chi connectivity index (χ4v) is 3.36. The summed E-state index contributed by atoms with van der Waals surface area (Å²) in [6, 6.07) is 13.6. The zero-order valence-corrected chi connectivity index (χ0v) is 14.1. The minimum absolute atomic E-state index is 0.0166. The lowest BCUT2D eigenvalue weighted by Crippen LogP contribution is -2.35. The quantitative estimate of drug-likeness (QED) is 0.857. The molecule has 0 aromatic heterocycles. The molecule has 5 nitrogen and oxygen atoms in total. The number of hydrogen-bond acceptors (Lipinski definition) is 4. The average Bonchev–Trinajstić information content (AvgIpc) is 3.08. The summed E-state index contributed by atoms with van der Waals surface area (Å²) in [6.45, 7) is 1.21. The van der Waals surface area contributed by atoms with E-state index >= 15 is 0 Å². The number of aliphatic imine (C=N–C) groups is 1. The molecule has 0 aliphatic carbocycles. The maximum atomic E-state index is 12.8. The van der Waals surface area contributed by atoms with E-state index in [1.54, 1.807) is 19.2 Å². The number of methoxy groups -OCH3 is 1. The first-order valence-electron chi connectivity index (χ1n) is 8.50. The third-order valence-electron chi connectivity index (χ3n) is 4.70. The Balaban J connectivity index is 1.65. The van der Waals surface area contributed by atoms with E-state index in [2.05, 4.69) is 4.99 Å². The van der Waals surface area contributed by atoms with Crippen LogP contribution >= 0.6 is 0 Å². The molecule has 0 radical (unpaired) electrons. The number of benzene rings is 2. The van der Waals surface area contributed by atoms with Gasteiger partial charge in [0.2, 0.25) is 0 Å². The van der Waals surface area contributed by atoms with Gasteiger partial charge in [0.1, 0.15) is 6.61 Å². The smallest absolute Gasteiger partial charge is 0.256 e. The third-order valence-corrected chi connectivity index (χ3v) is 4.70. The number of amides is 1. The van der Waals surface area contributed by atoms with Crippen LogP contribution in [0.25, 0.3) is 0 Å². The zero-order chi connectivity index (χ0) is 17.2. The number of hydrogen-bond donors (Lipinski definition) is 0. The predicted octanol–water partition coefficient (Wildman–Crippen LogP) is 3.59. The molecule has 0 saturated carbocycles. The second-order valence-corrected chi connectivity index (χ2v) is 6.28. The molecule has 2 heterocycles. The Morgan fingerprint density at radius 1 is 1.20 bits per heavy atom. The number of rotatable bonds is 4. The van der Waals surface area contributed by atoms with Crippen molar-refractivity contribution in [2.45, 2.75) is 25.5 Å². The number of ether oxygens (including phenoxy) is 2. The Labute approximate surface area is 146 Å². The molecule has 25 heavy (non-hydrogen) atoms.